The van der Waals surface area contributed by atoms with Crippen molar-refractivity contribution >= 4 is 0 Å². The first kappa shape index (κ1) is 14.9. The van der Waals surface area contributed by atoms with Crippen LogP contribution in [0.4, 0.5) is 13.2 Å². The fraction of sp³-hybridized carbons (Fsp3) is 0.200. The quantitative estimate of drug-likeness (QED) is 0.863. The van der Waals surface area contributed by atoms with Crippen molar-refractivity contribution in [1.82, 2.24) is 4.98 Å². The second kappa shape index (κ2) is 5.83. The molecule has 0 aliphatic rings. The third kappa shape index (κ3) is 2.97. The lowest BCUT2D eigenvalue weighted by molar-refractivity contribution is -0.137. The summed E-state index contributed by atoms with van der Waals surface area (Å²) in [6, 6.07) is 8.64. The number of benzene rings is 1. The van der Waals surface area contributed by atoms with Crippen LogP contribution < -0.4 is 4.74 Å². The molecule has 0 bridgehead atoms. The second-order valence-electron chi connectivity index (χ2n) is 4.23. The maximum absolute atomic E-state index is 13.2. The number of alkyl halides is 3. The molecular weight excluding hydrogens is 281 g/mol. The Labute approximate surface area is 119 Å². The van der Waals surface area contributed by atoms with Crippen molar-refractivity contribution in [1.29, 1.82) is 5.26 Å². The lowest BCUT2D eigenvalue weighted by Gasteiger charge is -2.16. The fourth-order valence-electron chi connectivity index (χ4n) is 2.10. The van der Waals surface area contributed by atoms with Gasteiger partial charge in [-0.15, -0.1) is 0 Å². The van der Waals surface area contributed by atoms with Crippen molar-refractivity contribution in [2.75, 3.05) is 7.11 Å². The van der Waals surface area contributed by atoms with E-state index in [0.29, 0.717) is 5.56 Å². The molecule has 0 N–H and O–H groups in total. The maximum atomic E-state index is 13.2. The molecule has 0 spiro atoms. The van der Waals surface area contributed by atoms with Crippen LogP contribution in [0.5, 0.6) is 5.88 Å². The normalized spacial score (nSPS) is 11.0. The van der Waals surface area contributed by atoms with Crippen LogP contribution in [0.1, 0.15) is 11.1 Å². The highest BCUT2D eigenvalue weighted by atomic mass is 19.4. The van der Waals surface area contributed by atoms with Gasteiger partial charge < -0.3 is 4.74 Å². The molecule has 21 heavy (non-hydrogen) atoms. The van der Waals surface area contributed by atoms with Gasteiger partial charge in [-0.2, -0.15) is 18.4 Å². The number of pyridine rings is 1. The summed E-state index contributed by atoms with van der Waals surface area (Å²) in [5, 5.41) is 8.85. The van der Waals surface area contributed by atoms with Crippen molar-refractivity contribution in [3.8, 4) is 23.1 Å². The van der Waals surface area contributed by atoms with Gasteiger partial charge in [0.25, 0.3) is 0 Å². The molecule has 0 saturated carbocycles. The molecule has 3 nitrogen and oxygen atoms in total. The predicted molar refractivity (Wildman–Crippen MR) is 70.5 cm³/mol. The van der Waals surface area contributed by atoms with Crippen molar-refractivity contribution in [2.24, 2.45) is 0 Å². The number of rotatable bonds is 3. The van der Waals surface area contributed by atoms with Gasteiger partial charge in [-0.3, -0.25) is 0 Å². The number of nitrogens with zero attached hydrogens (tertiary/aromatic N) is 2. The molecule has 1 aromatic carbocycles. The van der Waals surface area contributed by atoms with Gasteiger partial charge in [0.1, 0.15) is 0 Å². The molecule has 0 saturated heterocycles. The molecule has 0 unspecified atom stereocenters. The van der Waals surface area contributed by atoms with E-state index in [1.807, 2.05) is 6.07 Å². The molecule has 0 fully saturated rings. The van der Waals surface area contributed by atoms with E-state index in [0.717, 1.165) is 6.07 Å². The molecule has 1 heterocycles. The summed E-state index contributed by atoms with van der Waals surface area (Å²) in [6.07, 6.45) is -3.12. The molecule has 0 atom stereocenters. The Balaban J connectivity index is 2.76. The minimum Gasteiger partial charge on any atom is -0.481 e. The minimum absolute atomic E-state index is 0.0274. The topological polar surface area (TPSA) is 45.9 Å². The number of ether oxygens (including phenoxy) is 1. The van der Waals surface area contributed by atoms with Crippen LogP contribution in [0.25, 0.3) is 11.1 Å². The predicted octanol–water partition coefficient (Wildman–Crippen LogP) is 3.84. The van der Waals surface area contributed by atoms with E-state index in [2.05, 4.69) is 4.98 Å². The van der Waals surface area contributed by atoms with Gasteiger partial charge in [0, 0.05) is 11.8 Å². The smallest absolute Gasteiger partial charge is 0.417 e. The second-order valence-corrected chi connectivity index (χ2v) is 4.23. The summed E-state index contributed by atoms with van der Waals surface area (Å²) in [5.74, 6) is 0.0689. The Kier molecular flexibility index (Phi) is 4.13. The van der Waals surface area contributed by atoms with Crippen LogP contribution in [0.15, 0.2) is 36.5 Å². The molecule has 108 valence electrons. The third-order valence-electron chi connectivity index (χ3n) is 2.97. The summed E-state index contributed by atoms with van der Waals surface area (Å²) in [4.78, 5) is 3.94. The Morgan fingerprint density at radius 1 is 1.24 bits per heavy atom. The standard InChI is InChI=1S/C15H11F3N2O/c1-21-14-13(10(6-8-19)7-9-20-14)11-4-2-3-5-12(11)15(16,17)18/h2-5,7,9H,6H2,1H3. The maximum Gasteiger partial charge on any atom is 0.417 e. The number of hydrogen-bond donors (Lipinski definition) is 0. The molecule has 1 aromatic heterocycles. The Bertz CT molecular complexity index is 690. The molecule has 2 rings (SSSR count). The van der Waals surface area contributed by atoms with E-state index >= 15 is 0 Å². The van der Waals surface area contributed by atoms with Gasteiger partial charge in [0.2, 0.25) is 5.88 Å². The highest BCUT2D eigenvalue weighted by Crippen LogP contribution is 2.41. The first-order valence-electron chi connectivity index (χ1n) is 6.04. The highest BCUT2D eigenvalue weighted by Gasteiger charge is 2.34. The molecule has 0 aliphatic carbocycles. The molecule has 6 heteroatoms. The molecule has 2 aromatic rings. The van der Waals surface area contributed by atoms with Crippen LogP contribution in [0.2, 0.25) is 0 Å². The van der Waals surface area contributed by atoms with Gasteiger partial charge in [-0.1, -0.05) is 18.2 Å². The van der Waals surface area contributed by atoms with Crippen LogP contribution in [-0.2, 0) is 12.6 Å². The fourth-order valence-corrected chi connectivity index (χ4v) is 2.10. The summed E-state index contributed by atoms with van der Waals surface area (Å²) < 4.78 is 44.5. The van der Waals surface area contributed by atoms with Crippen molar-refractivity contribution in [2.45, 2.75) is 12.6 Å². The van der Waals surface area contributed by atoms with Crippen molar-refractivity contribution < 1.29 is 17.9 Å². The zero-order valence-electron chi connectivity index (χ0n) is 11.1. The van der Waals surface area contributed by atoms with Crippen LogP contribution >= 0.6 is 0 Å². The first-order chi connectivity index (χ1) is 9.99. The number of hydrogen-bond acceptors (Lipinski definition) is 3. The summed E-state index contributed by atoms with van der Waals surface area (Å²) >= 11 is 0. The van der Waals surface area contributed by atoms with Crippen LogP contribution in [0, 0.1) is 11.3 Å². The van der Waals surface area contributed by atoms with Crippen LogP contribution in [-0.4, -0.2) is 12.1 Å². The molecule has 0 aliphatic heterocycles. The lowest BCUT2D eigenvalue weighted by Crippen LogP contribution is -2.08. The zero-order valence-corrected chi connectivity index (χ0v) is 11.1. The highest BCUT2D eigenvalue weighted by molar-refractivity contribution is 5.75. The number of nitriles is 1. The minimum atomic E-state index is -4.50. The van der Waals surface area contributed by atoms with E-state index in [-0.39, 0.29) is 23.4 Å². The molecular formula is C15H11F3N2O. The van der Waals surface area contributed by atoms with E-state index in [1.165, 1.54) is 37.6 Å². The van der Waals surface area contributed by atoms with Gasteiger partial charge in [-0.25, -0.2) is 4.98 Å². The van der Waals surface area contributed by atoms with Crippen LogP contribution in [0.3, 0.4) is 0 Å². The Morgan fingerprint density at radius 2 is 1.95 bits per heavy atom. The summed E-state index contributed by atoms with van der Waals surface area (Å²) in [7, 11) is 1.33. The van der Waals surface area contributed by atoms with Crippen molar-refractivity contribution in [3.05, 3.63) is 47.7 Å². The van der Waals surface area contributed by atoms with Crippen molar-refractivity contribution in [3.63, 3.8) is 0 Å². The Hall–Kier alpha value is -2.55. The average Bonchev–Trinajstić information content (AvgIpc) is 2.46. The lowest BCUT2D eigenvalue weighted by atomic mass is 9.95. The van der Waals surface area contributed by atoms with Gasteiger partial charge in [-0.05, 0) is 23.3 Å². The van der Waals surface area contributed by atoms with Gasteiger partial charge >= 0.3 is 6.18 Å². The largest absolute Gasteiger partial charge is 0.481 e. The molecule has 0 amide bonds. The van der Waals surface area contributed by atoms with E-state index in [9.17, 15) is 13.2 Å². The van der Waals surface area contributed by atoms with Gasteiger partial charge in [0.05, 0.1) is 25.2 Å². The van der Waals surface area contributed by atoms with E-state index < -0.39 is 11.7 Å². The summed E-state index contributed by atoms with van der Waals surface area (Å²) in [6.45, 7) is 0. The molecule has 0 radical (unpaired) electrons. The number of methoxy groups -OCH3 is 1. The monoisotopic (exact) mass is 292 g/mol. The zero-order chi connectivity index (χ0) is 15.5. The third-order valence-corrected chi connectivity index (χ3v) is 2.97. The van der Waals surface area contributed by atoms with E-state index in [4.69, 9.17) is 10.00 Å². The van der Waals surface area contributed by atoms with E-state index in [1.54, 1.807) is 0 Å². The Morgan fingerprint density at radius 3 is 2.57 bits per heavy atom. The average molecular weight is 292 g/mol. The summed E-state index contributed by atoms with van der Waals surface area (Å²) in [5.41, 5.74) is -0.175. The van der Waals surface area contributed by atoms with Gasteiger partial charge in [0.15, 0.2) is 0 Å². The SMILES string of the molecule is COc1nccc(CC#N)c1-c1ccccc1C(F)(F)F. The number of halogens is 3. The first-order valence-corrected chi connectivity index (χ1v) is 6.04. The number of aromatic nitrogens is 1.